The Morgan fingerprint density at radius 1 is 1.40 bits per heavy atom. The second kappa shape index (κ2) is 6.88. The molecule has 112 valence electrons. The Hall–Kier alpha value is -0.640. The van der Waals surface area contributed by atoms with E-state index in [1.54, 1.807) is 12.1 Å². The maximum atomic E-state index is 13.9. The van der Waals surface area contributed by atoms with Gasteiger partial charge < -0.3 is 10.1 Å². The lowest BCUT2D eigenvalue weighted by Gasteiger charge is -2.37. The first-order valence-electron chi connectivity index (χ1n) is 7.36. The van der Waals surface area contributed by atoms with Gasteiger partial charge in [0.25, 0.3) is 0 Å². The van der Waals surface area contributed by atoms with E-state index in [1.165, 1.54) is 18.9 Å². The zero-order chi connectivity index (χ0) is 14.6. The molecule has 1 aromatic carbocycles. The predicted molar refractivity (Wildman–Crippen MR) is 80.8 cm³/mol. The van der Waals surface area contributed by atoms with E-state index < -0.39 is 0 Å². The fraction of sp³-hybridized carbons (Fsp3) is 0.625. The number of ether oxygens (including phenoxy) is 1. The van der Waals surface area contributed by atoms with E-state index in [0.717, 1.165) is 12.8 Å². The van der Waals surface area contributed by atoms with Gasteiger partial charge in [-0.15, -0.1) is 0 Å². The van der Waals surface area contributed by atoms with Crippen LogP contribution in [0.4, 0.5) is 4.39 Å². The van der Waals surface area contributed by atoms with E-state index in [2.05, 4.69) is 5.32 Å². The van der Waals surface area contributed by atoms with Gasteiger partial charge in [0.2, 0.25) is 0 Å². The maximum Gasteiger partial charge on any atom is 0.126 e. The molecule has 0 aliphatic heterocycles. The van der Waals surface area contributed by atoms with Crippen LogP contribution in [0, 0.1) is 5.82 Å². The lowest BCUT2D eigenvalue weighted by Crippen LogP contribution is -2.51. The average Bonchev–Trinajstić information content (AvgIpc) is 2.89. The summed E-state index contributed by atoms with van der Waals surface area (Å²) >= 11 is 5.98. The van der Waals surface area contributed by atoms with Crippen LogP contribution in [0.5, 0.6) is 0 Å². The van der Waals surface area contributed by atoms with Gasteiger partial charge in [-0.1, -0.05) is 24.4 Å². The third-order valence-corrected chi connectivity index (χ3v) is 4.53. The molecular weight excluding hydrogens is 277 g/mol. The minimum absolute atomic E-state index is 0.109. The van der Waals surface area contributed by atoms with Gasteiger partial charge in [-0.05, 0) is 57.0 Å². The van der Waals surface area contributed by atoms with Gasteiger partial charge in [-0.2, -0.15) is 0 Å². The SMILES string of the molecule is CCOC1(C(Cc2cc(Cl)ccc2F)NC)CCCC1. The number of benzene rings is 1. The normalized spacial score (nSPS) is 19.2. The monoisotopic (exact) mass is 299 g/mol. The smallest absolute Gasteiger partial charge is 0.126 e. The lowest BCUT2D eigenvalue weighted by atomic mass is 9.87. The first-order chi connectivity index (χ1) is 9.61. The number of halogens is 2. The number of hydrogen-bond acceptors (Lipinski definition) is 2. The molecule has 1 aromatic rings. The molecule has 2 rings (SSSR count). The molecule has 0 bridgehead atoms. The average molecular weight is 300 g/mol. The Morgan fingerprint density at radius 3 is 2.70 bits per heavy atom. The number of nitrogens with one attached hydrogen (secondary N) is 1. The van der Waals surface area contributed by atoms with Crippen LogP contribution in [0.3, 0.4) is 0 Å². The van der Waals surface area contributed by atoms with Gasteiger partial charge in [0, 0.05) is 17.7 Å². The Morgan fingerprint density at radius 2 is 2.10 bits per heavy atom. The topological polar surface area (TPSA) is 21.3 Å². The second-order valence-electron chi connectivity index (χ2n) is 5.49. The molecule has 0 heterocycles. The minimum Gasteiger partial charge on any atom is -0.374 e. The molecule has 1 atom stereocenters. The predicted octanol–water partition coefficient (Wildman–Crippen LogP) is 3.96. The summed E-state index contributed by atoms with van der Waals surface area (Å²) in [4.78, 5) is 0. The Balaban J connectivity index is 2.21. The van der Waals surface area contributed by atoms with E-state index >= 15 is 0 Å². The molecule has 4 heteroatoms. The van der Waals surface area contributed by atoms with Crippen molar-refractivity contribution in [1.29, 1.82) is 0 Å². The molecule has 1 fully saturated rings. The summed E-state index contributed by atoms with van der Waals surface area (Å²) in [6, 6.07) is 4.85. The van der Waals surface area contributed by atoms with Crippen LogP contribution in [-0.4, -0.2) is 25.3 Å². The zero-order valence-corrected chi connectivity index (χ0v) is 13.0. The fourth-order valence-corrected chi connectivity index (χ4v) is 3.52. The van der Waals surface area contributed by atoms with Crippen molar-refractivity contribution in [3.8, 4) is 0 Å². The van der Waals surface area contributed by atoms with Gasteiger partial charge in [0.05, 0.1) is 5.60 Å². The van der Waals surface area contributed by atoms with Gasteiger partial charge in [-0.25, -0.2) is 4.39 Å². The molecule has 1 aliphatic rings. The van der Waals surface area contributed by atoms with E-state index in [1.807, 2.05) is 14.0 Å². The number of rotatable bonds is 6. The Kier molecular flexibility index (Phi) is 5.42. The molecule has 0 spiro atoms. The summed E-state index contributed by atoms with van der Waals surface area (Å²) in [6.45, 7) is 2.71. The maximum absolute atomic E-state index is 13.9. The molecular formula is C16H23ClFNO. The summed E-state index contributed by atoms with van der Waals surface area (Å²) < 4.78 is 20.0. The van der Waals surface area contributed by atoms with Crippen LogP contribution < -0.4 is 5.32 Å². The van der Waals surface area contributed by atoms with Gasteiger partial charge >= 0.3 is 0 Å². The van der Waals surface area contributed by atoms with Crippen LogP contribution >= 0.6 is 11.6 Å². The van der Waals surface area contributed by atoms with E-state index in [9.17, 15) is 4.39 Å². The minimum atomic E-state index is -0.195. The van der Waals surface area contributed by atoms with E-state index in [0.29, 0.717) is 23.6 Å². The molecule has 2 nitrogen and oxygen atoms in total. The first-order valence-corrected chi connectivity index (χ1v) is 7.74. The standard InChI is InChI=1S/C16H23ClFNO/c1-3-20-16(8-4-5-9-16)15(19-2)11-12-10-13(17)6-7-14(12)18/h6-7,10,15,19H,3-5,8-9,11H2,1-2H3. The van der Waals surface area contributed by atoms with Crippen LogP contribution in [0.2, 0.25) is 5.02 Å². The van der Waals surface area contributed by atoms with Gasteiger partial charge in [-0.3, -0.25) is 0 Å². The highest BCUT2D eigenvalue weighted by molar-refractivity contribution is 6.30. The van der Waals surface area contributed by atoms with Crippen LogP contribution in [-0.2, 0) is 11.2 Å². The summed E-state index contributed by atoms with van der Waals surface area (Å²) in [5.41, 5.74) is 0.487. The van der Waals surface area contributed by atoms with Gasteiger partial charge in [0.15, 0.2) is 0 Å². The van der Waals surface area contributed by atoms with Crippen molar-refractivity contribution in [2.45, 2.75) is 50.7 Å². The molecule has 0 radical (unpaired) electrons. The highest BCUT2D eigenvalue weighted by Gasteiger charge is 2.41. The Labute approximate surface area is 125 Å². The quantitative estimate of drug-likeness (QED) is 0.858. The van der Waals surface area contributed by atoms with E-state index in [4.69, 9.17) is 16.3 Å². The second-order valence-corrected chi connectivity index (χ2v) is 5.92. The molecule has 1 N–H and O–H groups in total. The van der Waals surface area contributed by atoms with Crippen molar-refractivity contribution in [3.63, 3.8) is 0 Å². The van der Waals surface area contributed by atoms with Crippen LogP contribution in [0.25, 0.3) is 0 Å². The van der Waals surface area contributed by atoms with E-state index in [-0.39, 0.29) is 17.5 Å². The first kappa shape index (κ1) is 15.7. The zero-order valence-electron chi connectivity index (χ0n) is 12.2. The molecule has 1 saturated carbocycles. The van der Waals surface area contributed by atoms with Crippen molar-refractivity contribution in [1.82, 2.24) is 5.32 Å². The van der Waals surface area contributed by atoms with Crippen molar-refractivity contribution in [2.75, 3.05) is 13.7 Å². The highest BCUT2D eigenvalue weighted by Crippen LogP contribution is 2.37. The molecule has 1 unspecified atom stereocenters. The van der Waals surface area contributed by atoms with Crippen LogP contribution in [0.15, 0.2) is 18.2 Å². The van der Waals surface area contributed by atoms with Crippen molar-refractivity contribution < 1.29 is 9.13 Å². The summed E-state index contributed by atoms with van der Waals surface area (Å²) in [5, 5.41) is 3.91. The third kappa shape index (κ3) is 3.33. The molecule has 0 amide bonds. The van der Waals surface area contributed by atoms with Crippen LogP contribution in [0.1, 0.15) is 38.2 Å². The number of hydrogen-bond donors (Lipinski definition) is 1. The molecule has 0 saturated heterocycles. The summed E-state index contributed by atoms with van der Waals surface area (Å²) in [6.07, 6.45) is 5.03. The summed E-state index contributed by atoms with van der Waals surface area (Å²) in [5.74, 6) is -0.195. The third-order valence-electron chi connectivity index (χ3n) is 4.30. The largest absolute Gasteiger partial charge is 0.374 e. The number of likely N-dealkylation sites (N-methyl/N-ethyl adjacent to an activating group) is 1. The summed E-state index contributed by atoms with van der Waals surface area (Å²) in [7, 11) is 1.92. The van der Waals surface area contributed by atoms with Gasteiger partial charge in [0.1, 0.15) is 5.82 Å². The Bertz CT molecular complexity index is 446. The van der Waals surface area contributed by atoms with Crippen molar-refractivity contribution in [3.05, 3.63) is 34.6 Å². The van der Waals surface area contributed by atoms with Crippen molar-refractivity contribution in [2.24, 2.45) is 0 Å². The molecule has 1 aliphatic carbocycles. The lowest BCUT2D eigenvalue weighted by molar-refractivity contribution is -0.0598. The highest BCUT2D eigenvalue weighted by atomic mass is 35.5. The van der Waals surface area contributed by atoms with Crippen molar-refractivity contribution >= 4 is 11.6 Å². The molecule has 0 aromatic heterocycles. The molecule has 20 heavy (non-hydrogen) atoms. The fourth-order valence-electron chi connectivity index (χ4n) is 3.33.